The van der Waals surface area contributed by atoms with Crippen LogP contribution in [0.15, 0.2) is 41.5 Å². The minimum absolute atomic E-state index is 0.181. The molecule has 4 bridgehead atoms. The van der Waals surface area contributed by atoms with E-state index in [1.54, 1.807) is 0 Å². The van der Waals surface area contributed by atoms with Gasteiger partial charge in [-0.15, -0.1) is 0 Å². The molecular formula is C26H33N3. The van der Waals surface area contributed by atoms with E-state index in [4.69, 9.17) is 9.98 Å². The van der Waals surface area contributed by atoms with Crippen molar-refractivity contribution in [2.24, 2.45) is 28.2 Å². The Morgan fingerprint density at radius 2 is 1.59 bits per heavy atom. The van der Waals surface area contributed by atoms with E-state index in [1.807, 2.05) is 12.3 Å². The highest BCUT2D eigenvalue weighted by atomic mass is 15.3. The van der Waals surface area contributed by atoms with Gasteiger partial charge in [0.05, 0.1) is 11.6 Å². The molecule has 0 spiro atoms. The van der Waals surface area contributed by atoms with Gasteiger partial charge >= 0.3 is 0 Å². The van der Waals surface area contributed by atoms with Crippen LogP contribution in [-0.4, -0.2) is 33.8 Å². The molecule has 0 saturated heterocycles. The van der Waals surface area contributed by atoms with Gasteiger partial charge in [-0.3, -0.25) is 9.98 Å². The van der Waals surface area contributed by atoms with Crippen LogP contribution in [0.1, 0.15) is 64.9 Å². The molecule has 4 saturated carbocycles. The summed E-state index contributed by atoms with van der Waals surface area (Å²) in [6.07, 6.45) is 10.5. The van der Waals surface area contributed by atoms with Crippen LogP contribution in [0.25, 0.3) is 10.9 Å². The van der Waals surface area contributed by atoms with Crippen LogP contribution >= 0.6 is 0 Å². The largest absolute Gasteiger partial charge is 0.348 e. The van der Waals surface area contributed by atoms with Gasteiger partial charge in [-0.2, -0.15) is 0 Å². The van der Waals surface area contributed by atoms with Crippen molar-refractivity contribution in [1.82, 2.24) is 9.88 Å². The number of aliphatic imine (C=N–C) groups is 1. The number of aromatic nitrogens is 1. The number of hydrogen-bond acceptors (Lipinski definition) is 3. The van der Waals surface area contributed by atoms with E-state index in [2.05, 4.69) is 49.9 Å². The Kier molecular flexibility index (Phi) is 3.74. The zero-order valence-electron chi connectivity index (χ0n) is 18.1. The Morgan fingerprint density at radius 1 is 0.931 bits per heavy atom. The van der Waals surface area contributed by atoms with Gasteiger partial charge in [0, 0.05) is 29.2 Å². The molecule has 1 atom stereocenters. The molecule has 1 aliphatic heterocycles. The number of pyridine rings is 1. The molecule has 2 aromatic rings. The summed E-state index contributed by atoms with van der Waals surface area (Å²) in [5.41, 5.74) is 2.87. The van der Waals surface area contributed by atoms with Crippen molar-refractivity contribution < 1.29 is 0 Å². The lowest BCUT2D eigenvalue weighted by Gasteiger charge is -2.60. The van der Waals surface area contributed by atoms with Crippen LogP contribution in [-0.2, 0) is 0 Å². The summed E-state index contributed by atoms with van der Waals surface area (Å²) in [5, 5.41) is 1.22. The topological polar surface area (TPSA) is 28.5 Å². The molecule has 0 N–H and O–H groups in total. The molecule has 1 aromatic heterocycles. The van der Waals surface area contributed by atoms with E-state index in [0.717, 1.165) is 29.8 Å². The number of nitrogens with zero attached hydrogens (tertiary/aromatic N) is 3. The van der Waals surface area contributed by atoms with Crippen LogP contribution in [0.2, 0.25) is 0 Å². The molecule has 7 rings (SSSR count). The van der Waals surface area contributed by atoms with Crippen molar-refractivity contribution in [1.29, 1.82) is 0 Å². The summed E-state index contributed by atoms with van der Waals surface area (Å²) in [6.45, 7) is 8.13. The summed E-state index contributed by atoms with van der Waals surface area (Å²) >= 11 is 0. The number of fused-ring (bicyclic) bond motifs is 1. The Labute approximate surface area is 174 Å². The summed E-state index contributed by atoms with van der Waals surface area (Å²) in [6, 6.07) is 11.2. The second-order valence-electron chi connectivity index (χ2n) is 11.5. The first-order chi connectivity index (χ1) is 13.9. The van der Waals surface area contributed by atoms with Crippen LogP contribution in [0.3, 0.4) is 0 Å². The van der Waals surface area contributed by atoms with Gasteiger partial charge in [-0.1, -0.05) is 39.0 Å². The highest BCUT2D eigenvalue weighted by molar-refractivity contribution is 6.09. The number of hydrogen-bond donors (Lipinski definition) is 0. The molecule has 0 unspecified atom stereocenters. The van der Waals surface area contributed by atoms with Gasteiger partial charge in [0.1, 0.15) is 5.84 Å². The fraction of sp³-hybridized carbons (Fsp3) is 0.615. The Balaban J connectivity index is 1.48. The van der Waals surface area contributed by atoms with Crippen molar-refractivity contribution in [3.63, 3.8) is 0 Å². The van der Waals surface area contributed by atoms with E-state index in [9.17, 15) is 0 Å². The molecule has 0 radical (unpaired) electrons. The molecule has 0 amide bonds. The SMILES string of the molecule is CC(C)(C)[C@H]1CN(C23CC4CC(CC(C4)C2)C3)C(c2cccc3cccnc23)=N1. The monoisotopic (exact) mass is 387 g/mol. The quantitative estimate of drug-likeness (QED) is 0.663. The summed E-state index contributed by atoms with van der Waals surface area (Å²) in [4.78, 5) is 13.0. The minimum atomic E-state index is 0.181. The molecule has 29 heavy (non-hydrogen) atoms. The van der Waals surface area contributed by atoms with Crippen LogP contribution in [0.4, 0.5) is 0 Å². The van der Waals surface area contributed by atoms with Crippen molar-refractivity contribution >= 4 is 16.7 Å². The number of amidine groups is 1. The number of benzene rings is 1. The van der Waals surface area contributed by atoms with Crippen molar-refractivity contribution in [3.8, 4) is 0 Å². The van der Waals surface area contributed by atoms with Crippen molar-refractivity contribution in [2.75, 3.05) is 6.54 Å². The van der Waals surface area contributed by atoms with Gasteiger partial charge in [0.2, 0.25) is 0 Å². The molecule has 4 fully saturated rings. The van der Waals surface area contributed by atoms with E-state index in [0.29, 0.717) is 11.6 Å². The third-order valence-electron chi connectivity index (χ3n) is 8.34. The Morgan fingerprint density at radius 3 is 2.24 bits per heavy atom. The zero-order chi connectivity index (χ0) is 19.8. The lowest BCUT2D eigenvalue weighted by atomic mass is 9.52. The first kappa shape index (κ1) is 17.9. The standard InChI is InChI=1S/C26H33N3/c1-25(2,3)22-16-29(26-13-17-10-18(14-26)12-19(11-17)15-26)24(28-22)21-8-4-6-20-7-5-9-27-23(20)21/h4-9,17-19,22H,10-16H2,1-3H3/t17?,18?,19?,22-,26?/m1/s1. The maximum atomic E-state index is 5.42. The number of para-hydroxylation sites is 1. The Bertz CT molecular complexity index is 942. The lowest BCUT2D eigenvalue weighted by molar-refractivity contribution is -0.0615. The molecule has 5 aliphatic rings. The predicted molar refractivity (Wildman–Crippen MR) is 119 cm³/mol. The molecule has 4 aliphatic carbocycles. The fourth-order valence-electron chi connectivity index (χ4n) is 7.30. The molecule has 152 valence electrons. The Hall–Kier alpha value is -1.90. The first-order valence-electron chi connectivity index (χ1n) is 11.6. The summed E-state index contributed by atoms with van der Waals surface area (Å²) in [5.74, 6) is 4.07. The molecular weight excluding hydrogens is 354 g/mol. The van der Waals surface area contributed by atoms with Gasteiger partial charge in [-0.05, 0) is 73.8 Å². The van der Waals surface area contributed by atoms with Gasteiger partial charge < -0.3 is 4.90 Å². The van der Waals surface area contributed by atoms with Crippen LogP contribution < -0.4 is 0 Å². The first-order valence-corrected chi connectivity index (χ1v) is 11.6. The highest BCUT2D eigenvalue weighted by Crippen LogP contribution is 2.58. The van der Waals surface area contributed by atoms with E-state index < -0.39 is 0 Å². The van der Waals surface area contributed by atoms with E-state index >= 15 is 0 Å². The lowest BCUT2D eigenvalue weighted by Crippen LogP contribution is -2.61. The van der Waals surface area contributed by atoms with Crippen LogP contribution in [0, 0.1) is 23.2 Å². The minimum Gasteiger partial charge on any atom is -0.348 e. The maximum Gasteiger partial charge on any atom is 0.134 e. The molecule has 3 nitrogen and oxygen atoms in total. The predicted octanol–water partition coefficient (Wildman–Crippen LogP) is 5.68. The zero-order valence-corrected chi connectivity index (χ0v) is 18.1. The molecule has 2 heterocycles. The van der Waals surface area contributed by atoms with Gasteiger partial charge in [0.15, 0.2) is 0 Å². The highest BCUT2D eigenvalue weighted by Gasteiger charge is 2.56. The van der Waals surface area contributed by atoms with Gasteiger partial charge in [0.25, 0.3) is 0 Å². The third kappa shape index (κ3) is 2.76. The normalized spacial score (nSPS) is 36.1. The van der Waals surface area contributed by atoms with Crippen molar-refractivity contribution in [3.05, 3.63) is 42.1 Å². The average molecular weight is 388 g/mol. The fourth-order valence-corrected chi connectivity index (χ4v) is 7.30. The van der Waals surface area contributed by atoms with E-state index in [1.165, 1.54) is 55.3 Å². The van der Waals surface area contributed by atoms with Crippen molar-refractivity contribution in [2.45, 2.75) is 70.9 Å². The summed E-state index contributed by atoms with van der Waals surface area (Å²) in [7, 11) is 0. The average Bonchev–Trinajstić information content (AvgIpc) is 3.13. The smallest absolute Gasteiger partial charge is 0.134 e. The van der Waals surface area contributed by atoms with E-state index in [-0.39, 0.29) is 5.41 Å². The second kappa shape index (κ2) is 6.06. The summed E-state index contributed by atoms with van der Waals surface area (Å²) < 4.78 is 0. The van der Waals surface area contributed by atoms with Crippen LogP contribution in [0.5, 0.6) is 0 Å². The third-order valence-corrected chi connectivity index (χ3v) is 8.34. The molecule has 3 heteroatoms. The molecule has 1 aromatic carbocycles. The second-order valence-corrected chi connectivity index (χ2v) is 11.5. The van der Waals surface area contributed by atoms with Gasteiger partial charge in [-0.25, -0.2) is 0 Å². The number of rotatable bonds is 2. The maximum absolute atomic E-state index is 5.42.